The van der Waals surface area contributed by atoms with E-state index < -0.39 is 0 Å². The molecule has 0 spiro atoms. The maximum absolute atomic E-state index is 5.71. The average molecular weight is 274 g/mol. The Labute approximate surface area is 98.6 Å². The lowest BCUT2D eigenvalue weighted by atomic mass is 10.2. The van der Waals surface area contributed by atoms with E-state index in [0.717, 1.165) is 10.2 Å². The molecule has 3 heteroatoms. The fraction of sp³-hybridized carbons (Fsp3) is 0.455. The summed E-state index contributed by atoms with van der Waals surface area (Å²) in [7, 11) is 0. The van der Waals surface area contributed by atoms with Crippen LogP contribution >= 0.6 is 27.7 Å². The summed E-state index contributed by atoms with van der Waals surface area (Å²) in [5.74, 6) is 1.85. The molecule has 0 radical (unpaired) electrons. The van der Waals surface area contributed by atoms with Crippen LogP contribution in [0.25, 0.3) is 0 Å². The highest BCUT2D eigenvalue weighted by atomic mass is 79.9. The van der Waals surface area contributed by atoms with Gasteiger partial charge in [-0.1, -0.05) is 35.8 Å². The summed E-state index contributed by atoms with van der Waals surface area (Å²) in [6.07, 6.45) is 0. The molecule has 1 aromatic carbocycles. The third-order valence-corrected chi connectivity index (χ3v) is 4.12. The first-order valence-corrected chi connectivity index (χ1v) is 6.53. The summed E-state index contributed by atoms with van der Waals surface area (Å²) in [6, 6.07) is 6.24. The van der Waals surface area contributed by atoms with Gasteiger partial charge in [0.25, 0.3) is 0 Å². The number of thioether (sulfide) groups is 1. The number of halogens is 1. The summed E-state index contributed by atoms with van der Waals surface area (Å²) in [4.78, 5) is 1.30. The lowest BCUT2D eigenvalue weighted by Gasteiger charge is -2.10. The van der Waals surface area contributed by atoms with E-state index >= 15 is 0 Å². The molecule has 0 aliphatic carbocycles. The van der Waals surface area contributed by atoms with Gasteiger partial charge in [0.1, 0.15) is 0 Å². The van der Waals surface area contributed by atoms with E-state index in [9.17, 15) is 0 Å². The van der Waals surface area contributed by atoms with Crippen LogP contribution in [0.1, 0.15) is 19.4 Å². The molecule has 0 aromatic heterocycles. The zero-order valence-corrected chi connectivity index (χ0v) is 11.0. The van der Waals surface area contributed by atoms with Gasteiger partial charge in [-0.3, -0.25) is 0 Å². The van der Waals surface area contributed by atoms with Crippen LogP contribution in [0.4, 0.5) is 0 Å². The van der Waals surface area contributed by atoms with Crippen LogP contribution in [0, 0.1) is 5.92 Å². The Morgan fingerprint density at radius 2 is 2.14 bits per heavy atom. The Bertz CT molecular complexity index is 299. The van der Waals surface area contributed by atoms with E-state index in [-0.39, 0.29) is 0 Å². The van der Waals surface area contributed by atoms with Gasteiger partial charge in [-0.05, 0) is 23.6 Å². The van der Waals surface area contributed by atoms with E-state index in [2.05, 4.69) is 41.9 Å². The van der Waals surface area contributed by atoms with Gasteiger partial charge in [0.05, 0.1) is 0 Å². The molecule has 0 fully saturated rings. The van der Waals surface area contributed by atoms with E-state index in [4.69, 9.17) is 5.73 Å². The third-order valence-electron chi connectivity index (χ3n) is 1.85. The van der Waals surface area contributed by atoms with Gasteiger partial charge >= 0.3 is 0 Å². The minimum absolute atomic E-state index is 0.599. The van der Waals surface area contributed by atoms with E-state index in [1.165, 1.54) is 10.5 Å². The lowest BCUT2D eigenvalue weighted by molar-refractivity contribution is 0.750. The number of hydrogen-bond acceptors (Lipinski definition) is 2. The van der Waals surface area contributed by atoms with Crippen LogP contribution in [0.5, 0.6) is 0 Å². The smallest absolute Gasteiger partial charge is 0.0231 e. The molecule has 14 heavy (non-hydrogen) atoms. The van der Waals surface area contributed by atoms with Crippen molar-refractivity contribution in [2.45, 2.75) is 25.3 Å². The first-order valence-electron chi connectivity index (χ1n) is 4.75. The van der Waals surface area contributed by atoms with Crippen molar-refractivity contribution < 1.29 is 0 Å². The SMILES string of the molecule is CC(C)CSc1cccc(Br)c1CN. The van der Waals surface area contributed by atoms with Gasteiger partial charge in [0, 0.05) is 21.7 Å². The zero-order chi connectivity index (χ0) is 10.6. The van der Waals surface area contributed by atoms with E-state index in [1.807, 2.05) is 17.8 Å². The van der Waals surface area contributed by atoms with Gasteiger partial charge in [-0.15, -0.1) is 11.8 Å². The molecule has 0 aliphatic rings. The van der Waals surface area contributed by atoms with Crippen LogP contribution in [-0.2, 0) is 6.54 Å². The largest absolute Gasteiger partial charge is 0.326 e. The molecular formula is C11H16BrNS. The van der Waals surface area contributed by atoms with Crippen LogP contribution in [0.3, 0.4) is 0 Å². The van der Waals surface area contributed by atoms with Crippen molar-refractivity contribution in [3.8, 4) is 0 Å². The molecular weight excluding hydrogens is 258 g/mol. The van der Waals surface area contributed by atoms with Gasteiger partial charge in [-0.2, -0.15) is 0 Å². The molecule has 0 atom stereocenters. The zero-order valence-electron chi connectivity index (χ0n) is 8.59. The quantitative estimate of drug-likeness (QED) is 0.848. The second kappa shape index (κ2) is 5.79. The minimum atomic E-state index is 0.599. The van der Waals surface area contributed by atoms with Crippen molar-refractivity contribution in [3.05, 3.63) is 28.2 Å². The second-order valence-electron chi connectivity index (χ2n) is 3.63. The number of nitrogens with two attached hydrogens (primary N) is 1. The van der Waals surface area contributed by atoms with Crippen LogP contribution in [0.2, 0.25) is 0 Å². The second-order valence-corrected chi connectivity index (χ2v) is 5.54. The summed E-state index contributed by atoms with van der Waals surface area (Å²) in [5, 5.41) is 0. The highest BCUT2D eigenvalue weighted by Gasteiger charge is 2.05. The number of rotatable bonds is 4. The normalized spacial score (nSPS) is 10.9. The topological polar surface area (TPSA) is 26.0 Å². The van der Waals surface area contributed by atoms with E-state index in [1.54, 1.807) is 0 Å². The molecule has 78 valence electrons. The maximum atomic E-state index is 5.71. The third kappa shape index (κ3) is 3.30. The molecule has 0 amide bonds. The lowest BCUT2D eigenvalue weighted by Crippen LogP contribution is -2.00. The molecule has 0 aliphatic heterocycles. The molecule has 0 saturated heterocycles. The van der Waals surface area contributed by atoms with Crippen LogP contribution < -0.4 is 5.73 Å². The molecule has 1 aromatic rings. The summed E-state index contributed by atoms with van der Waals surface area (Å²) in [6.45, 7) is 5.06. The van der Waals surface area contributed by atoms with Gasteiger partial charge in [0.2, 0.25) is 0 Å². The van der Waals surface area contributed by atoms with Gasteiger partial charge in [-0.25, -0.2) is 0 Å². The fourth-order valence-electron chi connectivity index (χ4n) is 1.13. The average Bonchev–Trinajstić information content (AvgIpc) is 2.14. The highest BCUT2D eigenvalue weighted by Crippen LogP contribution is 2.29. The summed E-state index contributed by atoms with van der Waals surface area (Å²) in [5.41, 5.74) is 6.94. The molecule has 0 bridgehead atoms. The van der Waals surface area contributed by atoms with Gasteiger partial charge in [0.15, 0.2) is 0 Å². The van der Waals surface area contributed by atoms with Crippen molar-refractivity contribution >= 4 is 27.7 Å². The first-order chi connectivity index (χ1) is 6.65. The minimum Gasteiger partial charge on any atom is -0.326 e. The molecule has 2 N–H and O–H groups in total. The van der Waals surface area contributed by atoms with Crippen LogP contribution in [-0.4, -0.2) is 5.75 Å². The summed E-state index contributed by atoms with van der Waals surface area (Å²) < 4.78 is 1.12. The molecule has 1 nitrogen and oxygen atoms in total. The van der Waals surface area contributed by atoms with E-state index in [0.29, 0.717) is 12.5 Å². The van der Waals surface area contributed by atoms with Crippen LogP contribution in [0.15, 0.2) is 27.6 Å². The van der Waals surface area contributed by atoms with Crippen molar-refractivity contribution in [2.75, 3.05) is 5.75 Å². The first kappa shape index (κ1) is 12.1. The Morgan fingerprint density at radius 3 is 2.71 bits per heavy atom. The highest BCUT2D eigenvalue weighted by molar-refractivity contribution is 9.10. The monoisotopic (exact) mass is 273 g/mol. The Morgan fingerprint density at radius 1 is 1.43 bits per heavy atom. The maximum Gasteiger partial charge on any atom is 0.0231 e. The fourth-order valence-corrected chi connectivity index (χ4v) is 2.84. The van der Waals surface area contributed by atoms with Crippen molar-refractivity contribution in [1.82, 2.24) is 0 Å². The van der Waals surface area contributed by atoms with Crippen molar-refractivity contribution in [3.63, 3.8) is 0 Å². The van der Waals surface area contributed by atoms with Crippen molar-refractivity contribution in [1.29, 1.82) is 0 Å². The number of benzene rings is 1. The summed E-state index contributed by atoms with van der Waals surface area (Å²) >= 11 is 5.40. The van der Waals surface area contributed by atoms with Gasteiger partial charge < -0.3 is 5.73 Å². The Hall–Kier alpha value is 0.01000. The molecule has 0 heterocycles. The Kier molecular flexibility index (Phi) is 4.99. The molecule has 1 rings (SSSR count). The molecule has 0 saturated carbocycles. The predicted molar refractivity (Wildman–Crippen MR) is 67.6 cm³/mol. The molecule has 0 unspecified atom stereocenters. The van der Waals surface area contributed by atoms with Crippen molar-refractivity contribution in [2.24, 2.45) is 11.7 Å². The predicted octanol–water partition coefficient (Wildman–Crippen LogP) is 3.66. The standard InChI is InChI=1S/C11H16BrNS/c1-8(2)7-14-11-5-3-4-10(12)9(11)6-13/h3-5,8H,6-7,13H2,1-2H3. The number of hydrogen-bond donors (Lipinski definition) is 1. The Balaban J connectivity index is 2.80.